The maximum atomic E-state index is 12.6. The van der Waals surface area contributed by atoms with Crippen molar-refractivity contribution in [2.75, 3.05) is 6.61 Å². The van der Waals surface area contributed by atoms with E-state index < -0.39 is 29.8 Å². The van der Waals surface area contributed by atoms with E-state index in [1.807, 2.05) is 0 Å². The standard InChI is InChI=1S/C11H13F3N2O2/c1-10(16,9(15)17)6-18-8-5-3-2-4-7(8)11(12,13)14/h2-5H,6,16H2,1H3,(H2,15,17). The van der Waals surface area contributed by atoms with Crippen molar-refractivity contribution in [3.63, 3.8) is 0 Å². The normalized spacial score (nSPS) is 14.9. The number of amides is 1. The lowest BCUT2D eigenvalue weighted by molar-refractivity contribution is -0.139. The van der Waals surface area contributed by atoms with Gasteiger partial charge in [0.05, 0.1) is 5.56 Å². The molecule has 0 aliphatic rings. The monoisotopic (exact) mass is 262 g/mol. The Labute approximate surface area is 102 Å². The third-order valence-corrected chi connectivity index (χ3v) is 2.28. The first-order valence-electron chi connectivity index (χ1n) is 5.02. The lowest BCUT2D eigenvalue weighted by Gasteiger charge is -2.22. The molecule has 0 heterocycles. The molecule has 7 heteroatoms. The highest BCUT2D eigenvalue weighted by molar-refractivity contribution is 5.84. The SMILES string of the molecule is CC(N)(COc1ccccc1C(F)(F)F)C(N)=O. The highest BCUT2D eigenvalue weighted by atomic mass is 19.4. The van der Waals surface area contributed by atoms with Crippen LogP contribution in [-0.2, 0) is 11.0 Å². The summed E-state index contributed by atoms with van der Waals surface area (Å²) < 4.78 is 42.8. The maximum absolute atomic E-state index is 12.6. The molecule has 1 rings (SSSR count). The van der Waals surface area contributed by atoms with Gasteiger partial charge in [0.15, 0.2) is 0 Å². The van der Waals surface area contributed by atoms with Gasteiger partial charge in [-0.15, -0.1) is 0 Å². The minimum absolute atomic E-state index is 0.386. The molecule has 1 amide bonds. The largest absolute Gasteiger partial charge is 0.490 e. The summed E-state index contributed by atoms with van der Waals surface area (Å²) in [5.74, 6) is -1.24. The maximum Gasteiger partial charge on any atom is 0.419 e. The lowest BCUT2D eigenvalue weighted by atomic mass is 10.1. The van der Waals surface area contributed by atoms with Crippen LogP contribution in [0.1, 0.15) is 12.5 Å². The number of halogens is 3. The molecule has 18 heavy (non-hydrogen) atoms. The molecule has 0 aliphatic carbocycles. The summed E-state index contributed by atoms with van der Waals surface area (Å²) in [7, 11) is 0. The molecular formula is C11H13F3N2O2. The zero-order valence-electron chi connectivity index (χ0n) is 9.62. The minimum atomic E-state index is -4.53. The van der Waals surface area contributed by atoms with Gasteiger partial charge in [-0.3, -0.25) is 4.79 Å². The van der Waals surface area contributed by atoms with E-state index in [2.05, 4.69) is 0 Å². The van der Waals surface area contributed by atoms with Gasteiger partial charge < -0.3 is 16.2 Å². The smallest absolute Gasteiger partial charge is 0.419 e. The van der Waals surface area contributed by atoms with Crippen LogP contribution in [0.5, 0.6) is 5.75 Å². The fourth-order valence-corrected chi connectivity index (χ4v) is 1.13. The van der Waals surface area contributed by atoms with Crippen LogP contribution >= 0.6 is 0 Å². The van der Waals surface area contributed by atoms with Gasteiger partial charge in [0.2, 0.25) is 5.91 Å². The number of para-hydroxylation sites is 1. The third-order valence-electron chi connectivity index (χ3n) is 2.28. The molecule has 100 valence electrons. The first kappa shape index (κ1) is 14.3. The second-order valence-electron chi connectivity index (χ2n) is 4.06. The highest BCUT2D eigenvalue weighted by Crippen LogP contribution is 2.35. The van der Waals surface area contributed by atoms with Gasteiger partial charge in [-0.2, -0.15) is 13.2 Å². The molecule has 0 fully saturated rings. The van der Waals surface area contributed by atoms with Crippen molar-refractivity contribution in [2.45, 2.75) is 18.6 Å². The fraction of sp³-hybridized carbons (Fsp3) is 0.364. The van der Waals surface area contributed by atoms with Crippen LogP contribution < -0.4 is 16.2 Å². The van der Waals surface area contributed by atoms with Crippen molar-refractivity contribution in [1.82, 2.24) is 0 Å². The van der Waals surface area contributed by atoms with E-state index >= 15 is 0 Å². The van der Waals surface area contributed by atoms with Gasteiger partial charge in [0.1, 0.15) is 17.9 Å². The number of hydrogen-bond acceptors (Lipinski definition) is 3. The Bertz CT molecular complexity index is 444. The average Bonchev–Trinajstić information content (AvgIpc) is 2.25. The Morgan fingerprint density at radius 2 is 1.89 bits per heavy atom. The Balaban J connectivity index is 2.90. The molecule has 0 aromatic heterocycles. The number of primary amides is 1. The quantitative estimate of drug-likeness (QED) is 0.858. The predicted molar refractivity (Wildman–Crippen MR) is 58.7 cm³/mol. The Morgan fingerprint density at radius 3 is 2.39 bits per heavy atom. The zero-order chi connectivity index (χ0) is 14.0. The Kier molecular flexibility index (Phi) is 3.85. The van der Waals surface area contributed by atoms with E-state index in [1.165, 1.54) is 19.1 Å². The summed E-state index contributed by atoms with van der Waals surface area (Å²) in [6.45, 7) is 0.848. The number of benzene rings is 1. The van der Waals surface area contributed by atoms with Crippen LogP contribution in [0.4, 0.5) is 13.2 Å². The highest BCUT2D eigenvalue weighted by Gasteiger charge is 2.35. The Hall–Kier alpha value is -1.76. The topological polar surface area (TPSA) is 78.3 Å². The van der Waals surface area contributed by atoms with E-state index in [0.29, 0.717) is 0 Å². The number of ether oxygens (including phenoxy) is 1. The number of alkyl halides is 3. The number of carbonyl (C=O) groups is 1. The van der Waals surface area contributed by atoms with Crippen LogP contribution in [0.25, 0.3) is 0 Å². The molecule has 1 unspecified atom stereocenters. The van der Waals surface area contributed by atoms with Gasteiger partial charge in [0, 0.05) is 0 Å². The molecule has 0 aliphatic heterocycles. The van der Waals surface area contributed by atoms with Crippen LogP contribution in [-0.4, -0.2) is 18.1 Å². The first-order valence-corrected chi connectivity index (χ1v) is 5.02. The van der Waals surface area contributed by atoms with Crippen molar-refractivity contribution in [3.8, 4) is 5.75 Å². The minimum Gasteiger partial charge on any atom is -0.490 e. The second kappa shape index (κ2) is 4.85. The number of rotatable bonds is 4. The molecular weight excluding hydrogens is 249 g/mol. The van der Waals surface area contributed by atoms with Crippen molar-refractivity contribution >= 4 is 5.91 Å². The van der Waals surface area contributed by atoms with E-state index in [0.717, 1.165) is 12.1 Å². The lowest BCUT2D eigenvalue weighted by Crippen LogP contribution is -2.53. The van der Waals surface area contributed by atoms with Crippen molar-refractivity contribution in [1.29, 1.82) is 0 Å². The second-order valence-corrected chi connectivity index (χ2v) is 4.06. The molecule has 0 bridgehead atoms. The summed E-state index contributed by atoms with van der Waals surface area (Å²) in [6, 6.07) is 4.67. The third kappa shape index (κ3) is 3.36. The summed E-state index contributed by atoms with van der Waals surface area (Å²) in [5.41, 5.74) is 8.02. The molecule has 0 spiro atoms. The van der Waals surface area contributed by atoms with Crippen LogP contribution in [0.15, 0.2) is 24.3 Å². The van der Waals surface area contributed by atoms with E-state index in [4.69, 9.17) is 16.2 Å². The van der Waals surface area contributed by atoms with Crippen LogP contribution in [0.2, 0.25) is 0 Å². The number of nitrogens with two attached hydrogens (primary N) is 2. The van der Waals surface area contributed by atoms with E-state index in [-0.39, 0.29) is 5.75 Å². The fourth-order valence-electron chi connectivity index (χ4n) is 1.13. The zero-order valence-corrected chi connectivity index (χ0v) is 9.62. The van der Waals surface area contributed by atoms with Gasteiger partial charge in [0.25, 0.3) is 0 Å². The first-order chi connectivity index (χ1) is 8.14. The van der Waals surface area contributed by atoms with Gasteiger partial charge >= 0.3 is 6.18 Å². The number of hydrogen-bond donors (Lipinski definition) is 2. The van der Waals surface area contributed by atoms with Gasteiger partial charge in [-0.25, -0.2) is 0 Å². The van der Waals surface area contributed by atoms with Crippen molar-refractivity contribution < 1.29 is 22.7 Å². The molecule has 0 saturated carbocycles. The number of carbonyl (C=O) groups excluding carboxylic acids is 1. The molecule has 1 aromatic rings. The summed E-state index contributed by atoms with van der Waals surface area (Å²) in [5, 5.41) is 0. The van der Waals surface area contributed by atoms with Crippen molar-refractivity contribution in [3.05, 3.63) is 29.8 Å². The van der Waals surface area contributed by atoms with E-state index in [1.54, 1.807) is 0 Å². The summed E-state index contributed by atoms with van der Waals surface area (Å²) >= 11 is 0. The van der Waals surface area contributed by atoms with Crippen LogP contribution in [0, 0.1) is 0 Å². The Morgan fingerprint density at radius 1 is 1.33 bits per heavy atom. The summed E-state index contributed by atoms with van der Waals surface area (Å²) in [6.07, 6.45) is -4.53. The van der Waals surface area contributed by atoms with Crippen LogP contribution in [0.3, 0.4) is 0 Å². The molecule has 1 atom stereocenters. The molecule has 4 N–H and O–H groups in total. The molecule has 0 saturated heterocycles. The predicted octanol–water partition coefficient (Wildman–Crippen LogP) is 1.29. The molecule has 0 radical (unpaired) electrons. The molecule has 4 nitrogen and oxygen atoms in total. The van der Waals surface area contributed by atoms with Gasteiger partial charge in [-0.1, -0.05) is 12.1 Å². The average molecular weight is 262 g/mol. The van der Waals surface area contributed by atoms with E-state index in [9.17, 15) is 18.0 Å². The molecule has 1 aromatic carbocycles. The summed E-state index contributed by atoms with van der Waals surface area (Å²) in [4.78, 5) is 10.9. The van der Waals surface area contributed by atoms with Gasteiger partial charge in [-0.05, 0) is 19.1 Å². The van der Waals surface area contributed by atoms with Crippen molar-refractivity contribution in [2.24, 2.45) is 11.5 Å².